The Morgan fingerprint density at radius 1 is 0.968 bits per heavy atom. The van der Waals surface area contributed by atoms with Gasteiger partial charge in [0.2, 0.25) is 11.6 Å². The van der Waals surface area contributed by atoms with Crippen molar-refractivity contribution in [2.24, 2.45) is 4.99 Å². The molecule has 0 bridgehead atoms. The van der Waals surface area contributed by atoms with Crippen molar-refractivity contribution < 1.29 is 23.7 Å². The summed E-state index contributed by atoms with van der Waals surface area (Å²) in [4.78, 5) is 17.0. The van der Waals surface area contributed by atoms with Gasteiger partial charge in [0.25, 0.3) is 0 Å². The minimum absolute atomic E-state index is 0.202. The Morgan fingerprint density at radius 3 is 2.45 bits per heavy atom. The number of aliphatic imine (C=N–C) groups is 1. The number of carbonyl (C=O) groups is 1. The normalized spacial score (nSPS) is 15.9. The van der Waals surface area contributed by atoms with Crippen LogP contribution in [0.15, 0.2) is 53.2 Å². The molecule has 1 aliphatic carbocycles. The molecule has 31 heavy (non-hydrogen) atoms. The summed E-state index contributed by atoms with van der Waals surface area (Å²) in [6, 6.07) is 13.9. The van der Waals surface area contributed by atoms with E-state index in [1.165, 1.54) is 43.2 Å². The van der Waals surface area contributed by atoms with Crippen LogP contribution in [0.2, 0.25) is 0 Å². The van der Waals surface area contributed by atoms with Gasteiger partial charge < -0.3 is 18.9 Å². The first-order valence-corrected chi connectivity index (χ1v) is 9.99. The van der Waals surface area contributed by atoms with Crippen LogP contribution in [0.4, 0.5) is 0 Å². The topological polar surface area (TPSA) is 66.4 Å². The number of ether oxygens (including phenoxy) is 4. The smallest absolute Gasteiger partial charge is 0.363 e. The van der Waals surface area contributed by atoms with E-state index in [9.17, 15) is 4.79 Å². The van der Waals surface area contributed by atoms with Crippen molar-refractivity contribution in [3.8, 4) is 17.2 Å². The van der Waals surface area contributed by atoms with Crippen LogP contribution in [0.25, 0.3) is 16.8 Å². The molecule has 6 nitrogen and oxygen atoms in total. The van der Waals surface area contributed by atoms with Gasteiger partial charge >= 0.3 is 5.97 Å². The SMILES string of the molecule is COc1cc(C2=N/C(=C\c3ccc4cccc5c4c3CC5)C(=O)O2)cc(OC)c1OC. The molecule has 0 fully saturated rings. The van der Waals surface area contributed by atoms with Gasteiger partial charge in [-0.2, -0.15) is 0 Å². The van der Waals surface area contributed by atoms with Crippen LogP contribution in [0.1, 0.15) is 22.3 Å². The van der Waals surface area contributed by atoms with E-state index in [2.05, 4.69) is 29.3 Å². The molecular weight excluding hydrogens is 394 g/mol. The molecule has 0 atom stereocenters. The fraction of sp³-hybridized carbons (Fsp3) is 0.200. The molecule has 6 heteroatoms. The maximum absolute atomic E-state index is 12.6. The third-order valence-electron chi connectivity index (χ3n) is 5.74. The Balaban J connectivity index is 1.57. The summed E-state index contributed by atoms with van der Waals surface area (Å²) in [6.07, 6.45) is 3.77. The second-order valence-corrected chi connectivity index (χ2v) is 7.40. The molecule has 0 saturated heterocycles. The van der Waals surface area contributed by atoms with Gasteiger partial charge in [0.05, 0.1) is 21.3 Å². The number of aryl methyl sites for hydroxylation is 2. The van der Waals surface area contributed by atoms with E-state index in [-0.39, 0.29) is 11.6 Å². The van der Waals surface area contributed by atoms with E-state index in [1.807, 2.05) is 12.1 Å². The van der Waals surface area contributed by atoms with Crippen molar-refractivity contribution >= 4 is 28.7 Å². The molecular formula is C25H21NO5. The van der Waals surface area contributed by atoms with Crippen LogP contribution in [0.3, 0.4) is 0 Å². The van der Waals surface area contributed by atoms with Gasteiger partial charge in [0, 0.05) is 5.56 Å². The van der Waals surface area contributed by atoms with Crippen LogP contribution in [-0.2, 0) is 22.4 Å². The zero-order valence-corrected chi connectivity index (χ0v) is 17.5. The number of hydrogen-bond donors (Lipinski definition) is 0. The molecule has 0 unspecified atom stereocenters. The van der Waals surface area contributed by atoms with Crippen LogP contribution < -0.4 is 14.2 Å². The molecule has 3 aromatic carbocycles. The van der Waals surface area contributed by atoms with Crippen molar-refractivity contribution in [2.45, 2.75) is 12.8 Å². The molecule has 0 amide bonds. The summed E-state index contributed by atoms with van der Waals surface area (Å²) in [6.45, 7) is 0. The number of methoxy groups -OCH3 is 3. The van der Waals surface area contributed by atoms with Gasteiger partial charge in [0.15, 0.2) is 17.2 Å². The Morgan fingerprint density at radius 2 is 1.74 bits per heavy atom. The van der Waals surface area contributed by atoms with Gasteiger partial charge in [-0.05, 0) is 58.5 Å². The van der Waals surface area contributed by atoms with Gasteiger partial charge in [-0.15, -0.1) is 0 Å². The predicted molar refractivity (Wildman–Crippen MR) is 118 cm³/mol. The Kier molecular flexibility index (Phi) is 4.62. The largest absolute Gasteiger partial charge is 0.493 e. The first-order chi connectivity index (χ1) is 15.1. The highest BCUT2D eigenvalue weighted by atomic mass is 16.6. The Bertz CT molecular complexity index is 1260. The number of carbonyl (C=O) groups excluding carboxylic acids is 1. The molecule has 5 rings (SSSR count). The van der Waals surface area contributed by atoms with Gasteiger partial charge in [-0.1, -0.05) is 30.3 Å². The maximum Gasteiger partial charge on any atom is 0.363 e. The van der Waals surface area contributed by atoms with Crippen molar-refractivity contribution in [3.05, 3.63) is 70.4 Å². The van der Waals surface area contributed by atoms with Gasteiger partial charge in [0.1, 0.15) is 0 Å². The summed E-state index contributed by atoms with van der Waals surface area (Å²) in [7, 11) is 4.60. The first kappa shape index (κ1) is 19.2. The molecule has 0 aromatic heterocycles. The minimum Gasteiger partial charge on any atom is -0.493 e. The number of esters is 1. The van der Waals surface area contributed by atoms with E-state index < -0.39 is 5.97 Å². The number of hydrogen-bond acceptors (Lipinski definition) is 6. The van der Waals surface area contributed by atoms with E-state index in [4.69, 9.17) is 18.9 Å². The number of benzene rings is 3. The lowest BCUT2D eigenvalue weighted by molar-refractivity contribution is -0.129. The molecule has 0 N–H and O–H groups in total. The average Bonchev–Trinajstić information content (AvgIpc) is 3.39. The molecule has 0 saturated carbocycles. The first-order valence-electron chi connectivity index (χ1n) is 9.99. The van der Waals surface area contributed by atoms with Crippen molar-refractivity contribution in [3.63, 3.8) is 0 Å². The molecule has 156 valence electrons. The summed E-state index contributed by atoms with van der Waals surface area (Å²) in [5, 5.41) is 2.51. The average molecular weight is 415 g/mol. The molecule has 2 aliphatic rings. The van der Waals surface area contributed by atoms with Crippen molar-refractivity contribution in [2.75, 3.05) is 21.3 Å². The maximum atomic E-state index is 12.6. The third kappa shape index (κ3) is 3.11. The van der Waals surface area contributed by atoms with Crippen molar-refractivity contribution in [1.82, 2.24) is 0 Å². The van der Waals surface area contributed by atoms with E-state index in [0.29, 0.717) is 22.8 Å². The molecule has 0 radical (unpaired) electrons. The fourth-order valence-corrected chi connectivity index (χ4v) is 4.31. The van der Waals surface area contributed by atoms with Gasteiger partial charge in [-0.25, -0.2) is 9.79 Å². The second kappa shape index (κ2) is 7.47. The molecule has 1 heterocycles. The highest BCUT2D eigenvalue weighted by Gasteiger charge is 2.27. The second-order valence-electron chi connectivity index (χ2n) is 7.40. The molecule has 0 spiro atoms. The Labute approximate surface area is 179 Å². The lowest BCUT2D eigenvalue weighted by atomic mass is 9.99. The van der Waals surface area contributed by atoms with Crippen molar-refractivity contribution in [1.29, 1.82) is 0 Å². The summed E-state index contributed by atoms with van der Waals surface area (Å²) in [5.41, 5.74) is 4.44. The summed E-state index contributed by atoms with van der Waals surface area (Å²) in [5.74, 6) is 1.10. The number of nitrogens with zero attached hydrogens (tertiary/aromatic N) is 1. The van der Waals surface area contributed by atoms with Gasteiger partial charge in [-0.3, -0.25) is 0 Å². The minimum atomic E-state index is -0.484. The summed E-state index contributed by atoms with van der Waals surface area (Å²) >= 11 is 0. The van der Waals surface area contributed by atoms with Crippen LogP contribution in [0.5, 0.6) is 17.2 Å². The van der Waals surface area contributed by atoms with Crippen LogP contribution >= 0.6 is 0 Å². The van der Waals surface area contributed by atoms with Crippen LogP contribution in [0, 0.1) is 0 Å². The summed E-state index contributed by atoms with van der Waals surface area (Å²) < 4.78 is 21.6. The zero-order valence-electron chi connectivity index (χ0n) is 17.5. The zero-order chi connectivity index (χ0) is 21.5. The van der Waals surface area contributed by atoms with E-state index >= 15 is 0 Å². The fourth-order valence-electron chi connectivity index (χ4n) is 4.31. The Hall–Kier alpha value is -3.80. The molecule has 3 aromatic rings. The standard InChI is InChI=1S/C25H21NO5/c1-28-20-12-17(13-21(29-2)23(20)30-3)24-26-19(25(27)31-24)11-16-8-7-14-5-4-6-15-9-10-18(16)22(14)15/h4-8,11-13H,9-10H2,1-3H3/b19-11-. The predicted octanol–water partition coefficient (Wildman–Crippen LogP) is 4.31. The van der Waals surface area contributed by atoms with E-state index in [1.54, 1.807) is 12.1 Å². The quantitative estimate of drug-likeness (QED) is 0.459. The van der Waals surface area contributed by atoms with E-state index in [0.717, 1.165) is 18.4 Å². The lowest BCUT2D eigenvalue weighted by Gasteiger charge is -2.13. The number of cyclic esters (lactones) is 1. The van der Waals surface area contributed by atoms with Crippen LogP contribution in [-0.4, -0.2) is 33.2 Å². The third-order valence-corrected chi connectivity index (χ3v) is 5.74. The molecule has 1 aliphatic heterocycles. The highest BCUT2D eigenvalue weighted by molar-refractivity contribution is 6.13. The lowest BCUT2D eigenvalue weighted by Crippen LogP contribution is -2.07. The monoisotopic (exact) mass is 415 g/mol. The highest BCUT2D eigenvalue weighted by Crippen LogP contribution is 2.39. The number of rotatable bonds is 5.